The predicted molar refractivity (Wildman–Crippen MR) is 85.1 cm³/mol. The number of rotatable bonds is 5. The highest BCUT2D eigenvalue weighted by Crippen LogP contribution is 2.34. The van der Waals surface area contributed by atoms with Gasteiger partial charge in [-0.1, -0.05) is 57.0 Å². The molecule has 0 heterocycles. The van der Waals surface area contributed by atoms with E-state index >= 15 is 0 Å². The minimum atomic E-state index is -0.751. The van der Waals surface area contributed by atoms with Crippen molar-refractivity contribution in [1.82, 2.24) is 5.32 Å². The maximum absolute atomic E-state index is 11.9. The van der Waals surface area contributed by atoms with Crippen molar-refractivity contribution < 1.29 is 9.90 Å². The SMILES string of the molecule is CC(C)C1CCCC(NCc2ccccc2)(C(=O)O)CC1. The highest BCUT2D eigenvalue weighted by molar-refractivity contribution is 5.78. The maximum atomic E-state index is 11.9. The molecular weight excluding hydrogens is 262 g/mol. The highest BCUT2D eigenvalue weighted by atomic mass is 16.4. The van der Waals surface area contributed by atoms with E-state index in [1.165, 1.54) is 0 Å². The average molecular weight is 289 g/mol. The fourth-order valence-electron chi connectivity index (χ4n) is 3.37. The number of hydrogen-bond donors (Lipinski definition) is 2. The van der Waals surface area contributed by atoms with Gasteiger partial charge in [0, 0.05) is 6.54 Å². The molecule has 0 radical (unpaired) electrons. The van der Waals surface area contributed by atoms with E-state index in [0.29, 0.717) is 18.4 Å². The number of carbonyl (C=O) groups is 1. The van der Waals surface area contributed by atoms with Crippen molar-refractivity contribution in [3.8, 4) is 0 Å². The third-order valence-electron chi connectivity index (χ3n) is 4.95. The second kappa shape index (κ2) is 7.08. The first kappa shape index (κ1) is 16.0. The lowest BCUT2D eigenvalue weighted by molar-refractivity contribution is -0.145. The summed E-state index contributed by atoms with van der Waals surface area (Å²) in [7, 11) is 0. The van der Waals surface area contributed by atoms with Gasteiger partial charge < -0.3 is 5.11 Å². The summed E-state index contributed by atoms with van der Waals surface area (Å²) in [5.41, 5.74) is 0.391. The molecule has 1 aliphatic rings. The molecule has 1 fully saturated rings. The summed E-state index contributed by atoms with van der Waals surface area (Å²) in [5, 5.41) is 13.1. The molecule has 0 aliphatic heterocycles. The van der Waals surface area contributed by atoms with Gasteiger partial charge in [-0.25, -0.2) is 0 Å². The molecule has 1 aliphatic carbocycles. The van der Waals surface area contributed by atoms with Gasteiger partial charge in [0.15, 0.2) is 0 Å². The monoisotopic (exact) mass is 289 g/mol. The van der Waals surface area contributed by atoms with Crippen LogP contribution in [0.25, 0.3) is 0 Å². The molecule has 0 amide bonds. The summed E-state index contributed by atoms with van der Waals surface area (Å²) in [4.78, 5) is 11.9. The molecule has 1 aromatic carbocycles. The van der Waals surface area contributed by atoms with Crippen LogP contribution in [-0.2, 0) is 11.3 Å². The van der Waals surface area contributed by atoms with Gasteiger partial charge in [0.25, 0.3) is 0 Å². The summed E-state index contributed by atoms with van der Waals surface area (Å²) in [6.07, 6.45) is 4.62. The second-order valence-corrected chi connectivity index (χ2v) is 6.66. The number of carboxylic acids is 1. The fourth-order valence-corrected chi connectivity index (χ4v) is 3.37. The summed E-state index contributed by atoms with van der Waals surface area (Å²) < 4.78 is 0. The van der Waals surface area contributed by atoms with Crippen LogP contribution in [0.1, 0.15) is 51.5 Å². The number of nitrogens with one attached hydrogen (secondary N) is 1. The van der Waals surface area contributed by atoms with Crippen LogP contribution in [0.5, 0.6) is 0 Å². The molecule has 0 spiro atoms. The average Bonchev–Trinajstić information content (AvgIpc) is 2.70. The molecule has 2 N–H and O–H groups in total. The van der Waals surface area contributed by atoms with E-state index in [1.807, 2.05) is 30.3 Å². The van der Waals surface area contributed by atoms with E-state index in [0.717, 1.165) is 37.7 Å². The Labute approximate surface area is 127 Å². The molecular formula is C18H27NO2. The van der Waals surface area contributed by atoms with E-state index in [4.69, 9.17) is 0 Å². The molecule has 2 rings (SSSR count). The summed E-state index contributed by atoms with van der Waals surface area (Å²) in [6, 6.07) is 10.0. The lowest BCUT2D eigenvalue weighted by Crippen LogP contribution is -2.51. The molecule has 0 bridgehead atoms. The first-order chi connectivity index (χ1) is 10.0. The molecule has 1 saturated carbocycles. The van der Waals surface area contributed by atoms with Gasteiger partial charge in [-0.2, -0.15) is 0 Å². The molecule has 3 nitrogen and oxygen atoms in total. The van der Waals surface area contributed by atoms with Crippen LogP contribution in [0.4, 0.5) is 0 Å². The van der Waals surface area contributed by atoms with Crippen molar-refractivity contribution in [3.63, 3.8) is 0 Å². The minimum absolute atomic E-state index is 0.624. The van der Waals surface area contributed by atoms with Crippen LogP contribution in [-0.4, -0.2) is 16.6 Å². The molecule has 0 saturated heterocycles. The zero-order valence-electron chi connectivity index (χ0n) is 13.1. The Hall–Kier alpha value is -1.35. The quantitative estimate of drug-likeness (QED) is 0.810. The molecule has 0 aromatic heterocycles. The van der Waals surface area contributed by atoms with Crippen molar-refractivity contribution >= 4 is 5.97 Å². The van der Waals surface area contributed by atoms with E-state index in [9.17, 15) is 9.90 Å². The second-order valence-electron chi connectivity index (χ2n) is 6.66. The van der Waals surface area contributed by atoms with E-state index in [1.54, 1.807) is 0 Å². The zero-order chi connectivity index (χ0) is 15.3. The van der Waals surface area contributed by atoms with E-state index in [-0.39, 0.29) is 0 Å². The predicted octanol–water partition coefficient (Wildman–Crippen LogP) is 3.84. The van der Waals surface area contributed by atoms with Gasteiger partial charge in [0.1, 0.15) is 5.54 Å². The highest BCUT2D eigenvalue weighted by Gasteiger charge is 2.40. The van der Waals surface area contributed by atoms with Crippen LogP contribution >= 0.6 is 0 Å². The van der Waals surface area contributed by atoms with Gasteiger partial charge in [-0.3, -0.25) is 10.1 Å². The Kier molecular flexibility index (Phi) is 5.40. The summed E-state index contributed by atoms with van der Waals surface area (Å²) in [6.45, 7) is 5.12. The van der Waals surface area contributed by atoms with Crippen molar-refractivity contribution in [1.29, 1.82) is 0 Å². The van der Waals surface area contributed by atoms with Gasteiger partial charge >= 0.3 is 5.97 Å². The molecule has 116 valence electrons. The number of hydrogen-bond acceptors (Lipinski definition) is 2. The van der Waals surface area contributed by atoms with Crippen LogP contribution in [0.3, 0.4) is 0 Å². The third kappa shape index (κ3) is 4.07. The molecule has 1 aromatic rings. The summed E-state index contributed by atoms with van der Waals surface area (Å²) >= 11 is 0. The van der Waals surface area contributed by atoms with Crippen LogP contribution < -0.4 is 5.32 Å². The van der Waals surface area contributed by atoms with Crippen LogP contribution in [0.2, 0.25) is 0 Å². The lowest BCUT2D eigenvalue weighted by atomic mass is 9.86. The van der Waals surface area contributed by atoms with Gasteiger partial charge in [0.05, 0.1) is 0 Å². The molecule has 21 heavy (non-hydrogen) atoms. The Bertz CT molecular complexity index is 458. The van der Waals surface area contributed by atoms with Crippen molar-refractivity contribution in [2.45, 2.75) is 58.0 Å². The van der Waals surface area contributed by atoms with Crippen molar-refractivity contribution in [2.75, 3.05) is 0 Å². The zero-order valence-corrected chi connectivity index (χ0v) is 13.1. The van der Waals surface area contributed by atoms with Gasteiger partial charge in [0.2, 0.25) is 0 Å². The molecule has 3 heteroatoms. The Morgan fingerprint density at radius 2 is 2.00 bits per heavy atom. The molecule has 2 atom stereocenters. The van der Waals surface area contributed by atoms with Crippen LogP contribution in [0, 0.1) is 11.8 Å². The number of benzene rings is 1. The third-order valence-corrected chi connectivity index (χ3v) is 4.95. The van der Waals surface area contributed by atoms with Crippen molar-refractivity contribution in [3.05, 3.63) is 35.9 Å². The van der Waals surface area contributed by atoms with E-state index < -0.39 is 11.5 Å². The van der Waals surface area contributed by atoms with Crippen LogP contribution in [0.15, 0.2) is 30.3 Å². The molecule has 2 unspecified atom stereocenters. The smallest absolute Gasteiger partial charge is 0.323 e. The Morgan fingerprint density at radius 1 is 1.29 bits per heavy atom. The first-order valence-electron chi connectivity index (χ1n) is 8.06. The Morgan fingerprint density at radius 3 is 2.62 bits per heavy atom. The van der Waals surface area contributed by atoms with Gasteiger partial charge in [-0.05, 0) is 36.7 Å². The Balaban J connectivity index is 2.05. The topological polar surface area (TPSA) is 49.3 Å². The van der Waals surface area contributed by atoms with Gasteiger partial charge in [-0.15, -0.1) is 0 Å². The first-order valence-corrected chi connectivity index (χ1v) is 8.06. The maximum Gasteiger partial charge on any atom is 0.323 e. The minimum Gasteiger partial charge on any atom is -0.480 e. The standard InChI is InChI=1S/C18H27NO2/c1-14(2)16-9-6-11-18(12-10-16,17(20)21)19-13-15-7-4-3-5-8-15/h3-5,7-8,14,16,19H,6,9-13H2,1-2H3,(H,20,21). The van der Waals surface area contributed by atoms with Crippen molar-refractivity contribution in [2.24, 2.45) is 11.8 Å². The fraction of sp³-hybridized carbons (Fsp3) is 0.611. The number of aliphatic carboxylic acids is 1. The lowest BCUT2D eigenvalue weighted by Gasteiger charge is -2.30. The summed E-state index contributed by atoms with van der Waals surface area (Å²) in [5.74, 6) is 0.608. The van der Waals surface area contributed by atoms with E-state index in [2.05, 4.69) is 19.2 Å². The number of carboxylic acid groups (broad SMARTS) is 1. The largest absolute Gasteiger partial charge is 0.480 e. The normalized spacial score (nSPS) is 26.5.